The first-order valence-corrected chi connectivity index (χ1v) is 3.67. The van der Waals surface area contributed by atoms with Crippen molar-refractivity contribution in [3.8, 4) is 0 Å². The number of nitrogens with zero attached hydrogens (tertiary/aromatic N) is 1. The van der Waals surface area contributed by atoms with E-state index >= 15 is 0 Å². The number of hydrogen-bond donors (Lipinski definition) is 0. The van der Waals surface area contributed by atoms with Crippen LogP contribution < -0.4 is 0 Å². The van der Waals surface area contributed by atoms with E-state index in [2.05, 4.69) is 6.92 Å². The van der Waals surface area contributed by atoms with E-state index in [1.807, 2.05) is 0 Å². The fraction of sp³-hybridized carbons (Fsp3) is 0.857. The number of ether oxygens (including phenoxy) is 1. The lowest BCUT2D eigenvalue weighted by molar-refractivity contribution is -0.118. The topological polar surface area (TPSA) is 32.8 Å². The van der Waals surface area contributed by atoms with Crippen LogP contribution in [-0.4, -0.2) is 37.1 Å². The molecule has 1 heterocycles. The minimum Gasteiger partial charge on any atom is -0.371 e. The highest BCUT2D eigenvalue weighted by Crippen LogP contribution is 2.09. The van der Waals surface area contributed by atoms with E-state index in [1.54, 1.807) is 4.90 Å². The maximum absolute atomic E-state index is 10.3. The molecule has 1 aliphatic heterocycles. The van der Waals surface area contributed by atoms with Crippen molar-refractivity contribution in [2.45, 2.75) is 19.4 Å². The van der Waals surface area contributed by atoms with Gasteiger partial charge >= 0.3 is 0 Å². The fourth-order valence-electron chi connectivity index (χ4n) is 0.909. The van der Waals surface area contributed by atoms with Crippen LogP contribution in [0.4, 0.5) is 0 Å². The summed E-state index contributed by atoms with van der Waals surface area (Å²) in [7, 11) is 0. The number of epoxide rings is 1. The standard InChI is InChI=1S/C7H13NO2/c1-2-3-8(6-9)4-7-5-10-7/h6-7H,2-5H2,1H3. The van der Waals surface area contributed by atoms with Gasteiger partial charge in [-0.3, -0.25) is 4.79 Å². The van der Waals surface area contributed by atoms with Crippen molar-refractivity contribution in [3.63, 3.8) is 0 Å². The molecule has 1 unspecified atom stereocenters. The molecule has 0 aromatic heterocycles. The minimum absolute atomic E-state index is 0.330. The van der Waals surface area contributed by atoms with E-state index in [1.165, 1.54) is 0 Å². The summed E-state index contributed by atoms with van der Waals surface area (Å²) in [6.07, 6.45) is 2.24. The molecule has 1 rings (SSSR count). The Morgan fingerprint density at radius 3 is 2.90 bits per heavy atom. The molecule has 0 radical (unpaired) electrons. The highest BCUT2D eigenvalue weighted by molar-refractivity contribution is 5.47. The van der Waals surface area contributed by atoms with E-state index in [4.69, 9.17) is 4.74 Å². The molecule has 3 nitrogen and oxygen atoms in total. The van der Waals surface area contributed by atoms with Gasteiger partial charge in [-0.25, -0.2) is 0 Å². The Kier molecular flexibility index (Phi) is 2.68. The predicted molar refractivity (Wildman–Crippen MR) is 37.7 cm³/mol. The first-order chi connectivity index (χ1) is 4.86. The third-order valence-electron chi connectivity index (χ3n) is 1.50. The molecular weight excluding hydrogens is 130 g/mol. The van der Waals surface area contributed by atoms with Crippen LogP contribution in [0.1, 0.15) is 13.3 Å². The van der Waals surface area contributed by atoms with Crippen LogP contribution in [0.15, 0.2) is 0 Å². The van der Waals surface area contributed by atoms with Gasteiger partial charge in [-0.15, -0.1) is 0 Å². The molecule has 0 bridgehead atoms. The molecule has 58 valence electrons. The number of rotatable bonds is 5. The van der Waals surface area contributed by atoms with Crippen molar-refractivity contribution in [3.05, 3.63) is 0 Å². The molecular formula is C7H13NO2. The van der Waals surface area contributed by atoms with Crippen LogP contribution in [0, 0.1) is 0 Å². The Labute approximate surface area is 61.0 Å². The summed E-state index contributed by atoms with van der Waals surface area (Å²) in [5.41, 5.74) is 0. The average molecular weight is 143 g/mol. The van der Waals surface area contributed by atoms with E-state index < -0.39 is 0 Å². The van der Waals surface area contributed by atoms with Crippen LogP contribution in [0.2, 0.25) is 0 Å². The Morgan fingerprint density at radius 2 is 2.50 bits per heavy atom. The maximum Gasteiger partial charge on any atom is 0.209 e. The van der Waals surface area contributed by atoms with E-state index in [-0.39, 0.29) is 0 Å². The summed E-state index contributed by atoms with van der Waals surface area (Å²) in [6, 6.07) is 0. The lowest BCUT2D eigenvalue weighted by Gasteiger charge is -2.13. The van der Waals surface area contributed by atoms with Gasteiger partial charge in [-0.1, -0.05) is 6.92 Å². The third kappa shape index (κ3) is 2.35. The van der Waals surface area contributed by atoms with Crippen LogP contribution in [0.25, 0.3) is 0 Å². The molecule has 1 saturated heterocycles. The van der Waals surface area contributed by atoms with Gasteiger partial charge in [-0.2, -0.15) is 0 Å². The van der Waals surface area contributed by atoms with E-state index in [9.17, 15) is 4.79 Å². The van der Waals surface area contributed by atoms with E-state index in [0.717, 1.165) is 32.5 Å². The van der Waals surface area contributed by atoms with Gasteiger partial charge in [0.15, 0.2) is 0 Å². The predicted octanol–water partition coefficient (Wildman–Crippen LogP) is 0.254. The third-order valence-corrected chi connectivity index (χ3v) is 1.50. The van der Waals surface area contributed by atoms with Crippen LogP contribution >= 0.6 is 0 Å². The second-order valence-electron chi connectivity index (χ2n) is 2.56. The second kappa shape index (κ2) is 3.56. The molecule has 3 heteroatoms. The zero-order chi connectivity index (χ0) is 7.40. The highest BCUT2D eigenvalue weighted by Gasteiger charge is 2.24. The molecule has 0 aromatic carbocycles. The SMILES string of the molecule is CCCN(C=O)CC1CO1. The quantitative estimate of drug-likeness (QED) is 0.408. The van der Waals surface area contributed by atoms with Crippen molar-refractivity contribution in [2.24, 2.45) is 0 Å². The van der Waals surface area contributed by atoms with Crippen LogP contribution in [0.3, 0.4) is 0 Å². The second-order valence-corrected chi connectivity index (χ2v) is 2.56. The number of amides is 1. The molecule has 1 fully saturated rings. The Balaban J connectivity index is 2.11. The zero-order valence-electron chi connectivity index (χ0n) is 6.25. The van der Waals surface area contributed by atoms with E-state index in [0.29, 0.717) is 6.10 Å². The zero-order valence-corrected chi connectivity index (χ0v) is 6.25. The number of carbonyl (C=O) groups excluding carboxylic acids is 1. The van der Waals surface area contributed by atoms with Gasteiger partial charge in [0, 0.05) is 13.1 Å². The molecule has 1 atom stereocenters. The summed E-state index contributed by atoms with van der Waals surface area (Å²) in [4.78, 5) is 12.1. The van der Waals surface area contributed by atoms with Crippen molar-refractivity contribution < 1.29 is 9.53 Å². The van der Waals surface area contributed by atoms with Gasteiger partial charge in [0.1, 0.15) is 0 Å². The van der Waals surface area contributed by atoms with Crippen molar-refractivity contribution in [1.82, 2.24) is 4.90 Å². The number of hydrogen-bond acceptors (Lipinski definition) is 2. The summed E-state index contributed by atoms with van der Waals surface area (Å²) >= 11 is 0. The summed E-state index contributed by atoms with van der Waals surface area (Å²) in [5.74, 6) is 0. The maximum atomic E-state index is 10.3. The molecule has 0 N–H and O–H groups in total. The van der Waals surface area contributed by atoms with Gasteiger partial charge in [0.05, 0.1) is 12.7 Å². The van der Waals surface area contributed by atoms with Gasteiger partial charge in [0.25, 0.3) is 0 Å². The molecule has 0 saturated carbocycles. The molecule has 0 aromatic rings. The lowest BCUT2D eigenvalue weighted by atomic mass is 10.4. The lowest BCUT2D eigenvalue weighted by Crippen LogP contribution is -2.26. The van der Waals surface area contributed by atoms with Crippen LogP contribution in [0.5, 0.6) is 0 Å². The van der Waals surface area contributed by atoms with Gasteiger partial charge < -0.3 is 9.64 Å². The minimum atomic E-state index is 0.330. The summed E-state index contributed by atoms with van der Waals surface area (Å²) in [5, 5.41) is 0. The largest absolute Gasteiger partial charge is 0.371 e. The monoisotopic (exact) mass is 143 g/mol. The fourth-order valence-corrected chi connectivity index (χ4v) is 0.909. The highest BCUT2D eigenvalue weighted by atomic mass is 16.6. The first-order valence-electron chi connectivity index (χ1n) is 3.67. The molecule has 10 heavy (non-hydrogen) atoms. The van der Waals surface area contributed by atoms with Crippen molar-refractivity contribution in [2.75, 3.05) is 19.7 Å². The Hall–Kier alpha value is -0.570. The first kappa shape index (κ1) is 7.54. The number of carbonyl (C=O) groups is 1. The molecule has 0 aliphatic carbocycles. The molecule has 1 amide bonds. The Bertz CT molecular complexity index is 112. The normalized spacial score (nSPS) is 22.3. The summed E-state index contributed by atoms with van der Waals surface area (Å²) < 4.78 is 4.99. The molecule has 0 spiro atoms. The molecule has 1 aliphatic rings. The van der Waals surface area contributed by atoms with Gasteiger partial charge in [-0.05, 0) is 6.42 Å². The smallest absolute Gasteiger partial charge is 0.209 e. The van der Waals surface area contributed by atoms with Crippen molar-refractivity contribution in [1.29, 1.82) is 0 Å². The average Bonchev–Trinajstić information content (AvgIpc) is 2.71. The van der Waals surface area contributed by atoms with Crippen LogP contribution in [-0.2, 0) is 9.53 Å². The summed E-state index contributed by atoms with van der Waals surface area (Å²) in [6.45, 7) is 4.51. The Morgan fingerprint density at radius 1 is 1.80 bits per heavy atom. The van der Waals surface area contributed by atoms with Crippen molar-refractivity contribution >= 4 is 6.41 Å². The van der Waals surface area contributed by atoms with Gasteiger partial charge in [0.2, 0.25) is 6.41 Å².